The molecular formula is C29H20N4O. The van der Waals surface area contributed by atoms with Gasteiger partial charge in [0.15, 0.2) is 11.5 Å². The number of aromatic nitrogens is 4. The van der Waals surface area contributed by atoms with Crippen molar-refractivity contribution < 1.29 is 4.74 Å². The van der Waals surface area contributed by atoms with Crippen LogP contribution < -0.4 is 4.74 Å². The van der Waals surface area contributed by atoms with Gasteiger partial charge in [0, 0.05) is 22.4 Å². The van der Waals surface area contributed by atoms with Crippen molar-refractivity contribution >= 4 is 16.4 Å². The van der Waals surface area contributed by atoms with Gasteiger partial charge in [-0.1, -0.05) is 90.5 Å². The number of aryl methyl sites for hydroxylation is 1. The van der Waals surface area contributed by atoms with Gasteiger partial charge in [0.05, 0.1) is 5.56 Å². The molecule has 0 unspecified atom stereocenters. The van der Waals surface area contributed by atoms with Crippen molar-refractivity contribution in [3.05, 3.63) is 120 Å². The second-order valence-corrected chi connectivity index (χ2v) is 8.69. The molecule has 5 heteroatoms. The summed E-state index contributed by atoms with van der Waals surface area (Å²) >= 11 is 0. The molecule has 4 aromatic carbocycles. The average molecular weight is 441 g/mol. The zero-order chi connectivity index (χ0) is 22.6. The Bertz CT molecular complexity index is 1700. The molecule has 1 atom stereocenters. The van der Waals surface area contributed by atoms with Gasteiger partial charge in [-0.2, -0.15) is 0 Å². The Morgan fingerprint density at radius 2 is 1.71 bits per heavy atom. The van der Waals surface area contributed by atoms with Crippen LogP contribution in [0.5, 0.6) is 11.6 Å². The van der Waals surface area contributed by atoms with E-state index in [1.54, 1.807) is 10.8 Å². The summed E-state index contributed by atoms with van der Waals surface area (Å²) in [6.45, 7) is 2.07. The summed E-state index contributed by atoms with van der Waals surface area (Å²) in [6.07, 6.45) is 1.69. The van der Waals surface area contributed by atoms with E-state index in [4.69, 9.17) is 19.8 Å². The Hall–Kier alpha value is -4.51. The maximum absolute atomic E-state index is 6.49. The first-order chi connectivity index (χ1) is 16.8. The molecule has 2 aromatic heterocycles. The minimum absolute atomic E-state index is 0.0738. The van der Waals surface area contributed by atoms with Crippen molar-refractivity contribution in [2.24, 2.45) is 0 Å². The molecule has 3 heterocycles. The summed E-state index contributed by atoms with van der Waals surface area (Å²) in [5.74, 6) is 2.04. The van der Waals surface area contributed by atoms with Gasteiger partial charge in [0.1, 0.15) is 12.1 Å². The first-order valence-electron chi connectivity index (χ1n) is 11.3. The number of benzene rings is 4. The Morgan fingerprint density at radius 3 is 2.59 bits per heavy atom. The van der Waals surface area contributed by atoms with Crippen molar-refractivity contribution in [3.63, 3.8) is 0 Å². The summed E-state index contributed by atoms with van der Waals surface area (Å²) in [5, 5.41) is 6.97. The van der Waals surface area contributed by atoms with Crippen LogP contribution in [-0.4, -0.2) is 19.6 Å². The predicted octanol–water partition coefficient (Wildman–Crippen LogP) is 6.54. The Kier molecular flexibility index (Phi) is 4.05. The van der Waals surface area contributed by atoms with E-state index in [1.165, 1.54) is 11.1 Å². The SMILES string of the molecule is Cc1cccc(-c2nc3c4c(ncn3n2)Oc2c(ccc3ccccc23)[C@@H]4c2ccccc2)c1. The summed E-state index contributed by atoms with van der Waals surface area (Å²) < 4.78 is 8.26. The average Bonchev–Trinajstić information content (AvgIpc) is 3.33. The van der Waals surface area contributed by atoms with Gasteiger partial charge in [-0.3, -0.25) is 0 Å². The highest BCUT2D eigenvalue weighted by Gasteiger charge is 2.34. The van der Waals surface area contributed by atoms with E-state index in [9.17, 15) is 0 Å². The quantitative estimate of drug-likeness (QED) is 0.306. The number of nitrogens with zero attached hydrogens (tertiary/aromatic N) is 4. The van der Waals surface area contributed by atoms with Crippen molar-refractivity contribution in [2.45, 2.75) is 12.8 Å². The summed E-state index contributed by atoms with van der Waals surface area (Å²) in [5.41, 5.74) is 6.11. The van der Waals surface area contributed by atoms with Gasteiger partial charge in [-0.25, -0.2) is 14.5 Å². The minimum atomic E-state index is -0.0738. The molecular weight excluding hydrogens is 420 g/mol. The lowest BCUT2D eigenvalue weighted by Gasteiger charge is -2.28. The van der Waals surface area contributed by atoms with Crippen molar-refractivity contribution in [2.75, 3.05) is 0 Å². The lowest BCUT2D eigenvalue weighted by atomic mass is 9.83. The molecule has 0 radical (unpaired) electrons. The molecule has 1 aliphatic rings. The zero-order valence-electron chi connectivity index (χ0n) is 18.5. The second kappa shape index (κ2) is 7.25. The summed E-state index contributed by atoms with van der Waals surface area (Å²) in [6, 6.07) is 31.3. The van der Waals surface area contributed by atoms with Crippen LogP contribution in [0.4, 0.5) is 0 Å². The maximum atomic E-state index is 6.49. The first-order valence-corrected chi connectivity index (χ1v) is 11.3. The first kappa shape index (κ1) is 19.0. The lowest BCUT2D eigenvalue weighted by molar-refractivity contribution is 0.437. The number of hydrogen-bond donors (Lipinski definition) is 0. The zero-order valence-corrected chi connectivity index (χ0v) is 18.5. The highest BCUT2D eigenvalue weighted by atomic mass is 16.5. The molecule has 0 saturated carbocycles. The topological polar surface area (TPSA) is 52.3 Å². The van der Waals surface area contributed by atoms with Crippen LogP contribution in [0.3, 0.4) is 0 Å². The normalized spacial score (nSPS) is 14.6. The van der Waals surface area contributed by atoms with Crippen molar-refractivity contribution in [3.8, 4) is 23.0 Å². The minimum Gasteiger partial charge on any atom is -0.438 e. The van der Waals surface area contributed by atoms with Crippen molar-refractivity contribution in [1.29, 1.82) is 0 Å². The van der Waals surface area contributed by atoms with E-state index in [-0.39, 0.29) is 5.92 Å². The third kappa shape index (κ3) is 2.83. The fraction of sp³-hybridized carbons (Fsp3) is 0.0690. The molecule has 0 amide bonds. The van der Waals surface area contributed by atoms with E-state index >= 15 is 0 Å². The van der Waals surface area contributed by atoms with Gasteiger partial charge in [-0.15, -0.1) is 5.10 Å². The van der Waals surface area contributed by atoms with Crippen LogP contribution in [0, 0.1) is 6.92 Å². The van der Waals surface area contributed by atoms with Crippen LogP contribution >= 0.6 is 0 Å². The number of ether oxygens (including phenoxy) is 1. The molecule has 0 saturated heterocycles. The van der Waals surface area contributed by atoms with E-state index in [0.717, 1.165) is 38.9 Å². The van der Waals surface area contributed by atoms with Gasteiger partial charge in [0.25, 0.3) is 0 Å². The van der Waals surface area contributed by atoms with E-state index in [2.05, 4.69) is 67.6 Å². The van der Waals surface area contributed by atoms with Crippen LogP contribution in [0.15, 0.2) is 97.3 Å². The number of fused-ring (bicyclic) bond motifs is 6. The molecule has 34 heavy (non-hydrogen) atoms. The Balaban J connectivity index is 1.52. The fourth-order valence-electron chi connectivity index (χ4n) is 4.95. The standard InChI is InChI=1S/C29H20N4O/c1-18-8-7-12-21(16-18)27-31-28-25-24(20-10-3-2-4-11-20)23-15-14-19-9-5-6-13-22(19)26(23)34-29(25)30-17-33(28)32-27/h2-17,24H,1H3/t24-/m0/s1. The highest BCUT2D eigenvalue weighted by molar-refractivity contribution is 5.91. The Morgan fingerprint density at radius 1 is 0.853 bits per heavy atom. The molecule has 7 rings (SSSR count). The lowest BCUT2D eigenvalue weighted by Crippen LogP contribution is -2.15. The van der Waals surface area contributed by atoms with Crippen molar-refractivity contribution in [1.82, 2.24) is 19.6 Å². The van der Waals surface area contributed by atoms with Crippen LogP contribution in [0.25, 0.3) is 27.8 Å². The Labute approximate surface area is 196 Å². The number of hydrogen-bond acceptors (Lipinski definition) is 4. The van der Waals surface area contributed by atoms with Gasteiger partial charge in [-0.05, 0) is 23.9 Å². The largest absolute Gasteiger partial charge is 0.438 e. The number of rotatable bonds is 2. The van der Waals surface area contributed by atoms with E-state index in [1.807, 2.05) is 30.3 Å². The molecule has 0 bridgehead atoms. The molecule has 162 valence electrons. The van der Waals surface area contributed by atoms with Crippen LogP contribution in [0.2, 0.25) is 0 Å². The fourth-order valence-corrected chi connectivity index (χ4v) is 4.95. The second-order valence-electron chi connectivity index (χ2n) is 8.69. The molecule has 5 nitrogen and oxygen atoms in total. The van der Waals surface area contributed by atoms with Gasteiger partial charge < -0.3 is 4.74 Å². The molecule has 6 aromatic rings. The molecule has 0 aliphatic carbocycles. The third-order valence-corrected chi connectivity index (χ3v) is 6.50. The molecule has 0 fully saturated rings. The monoisotopic (exact) mass is 440 g/mol. The van der Waals surface area contributed by atoms with E-state index < -0.39 is 0 Å². The summed E-state index contributed by atoms with van der Waals surface area (Å²) in [4.78, 5) is 9.67. The summed E-state index contributed by atoms with van der Waals surface area (Å²) in [7, 11) is 0. The third-order valence-electron chi connectivity index (χ3n) is 6.50. The van der Waals surface area contributed by atoms with Crippen LogP contribution in [-0.2, 0) is 0 Å². The molecule has 0 spiro atoms. The molecule has 0 N–H and O–H groups in total. The highest BCUT2D eigenvalue weighted by Crippen LogP contribution is 2.50. The van der Waals surface area contributed by atoms with Gasteiger partial charge >= 0.3 is 0 Å². The maximum Gasteiger partial charge on any atom is 0.228 e. The van der Waals surface area contributed by atoms with Crippen LogP contribution in [0.1, 0.15) is 28.2 Å². The van der Waals surface area contributed by atoms with E-state index in [0.29, 0.717) is 11.7 Å². The predicted molar refractivity (Wildman–Crippen MR) is 132 cm³/mol. The smallest absolute Gasteiger partial charge is 0.228 e. The molecule has 1 aliphatic heterocycles. The van der Waals surface area contributed by atoms with Gasteiger partial charge in [0.2, 0.25) is 5.88 Å².